The van der Waals surface area contributed by atoms with Crippen LogP contribution in [0.4, 0.5) is 11.4 Å². The van der Waals surface area contributed by atoms with Gasteiger partial charge in [0.25, 0.3) is 11.8 Å². The monoisotopic (exact) mass is 510 g/mol. The molecule has 0 radical (unpaired) electrons. The van der Waals surface area contributed by atoms with Gasteiger partial charge >= 0.3 is 0 Å². The highest BCUT2D eigenvalue weighted by atomic mass is 16.2. The van der Waals surface area contributed by atoms with Crippen LogP contribution >= 0.6 is 0 Å². The lowest BCUT2D eigenvalue weighted by atomic mass is 10.1. The Morgan fingerprint density at radius 2 is 1.21 bits per heavy atom. The third-order valence-electron chi connectivity index (χ3n) is 6.83. The molecule has 0 unspecified atom stereocenters. The highest BCUT2D eigenvalue weighted by molar-refractivity contribution is 6.07. The number of aromatic amines is 2. The van der Waals surface area contributed by atoms with Crippen molar-refractivity contribution < 1.29 is 9.59 Å². The largest absolute Gasteiger partial charge is 0.361 e. The lowest BCUT2D eigenvalue weighted by Gasteiger charge is -2.09. The molecule has 0 aliphatic rings. The number of hydrogen-bond donors (Lipinski definition) is 4. The molecule has 0 fully saturated rings. The van der Waals surface area contributed by atoms with Crippen molar-refractivity contribution in [3.05, 3.63) is 121 Å². The van der Waals surface area contributed by atoms with Crippen LogP contribution in [0.5, 0.6) is 0 Å². The first kappa shape index (κ1) is 22.6. The number of benzene rings is 4. The lowest BCUT2D eigenvalue weighted by molar-refractivity contribution is 0.101. The van der Waals surface area contributed by atoms with Crippen LogP contribution in [-0.4, -0.2) is 31.6 Å². The van der Waals surface area contributed by atoms with Crippen molar-refractivity contribution >= 4 is 55.9 Å². The molecule has 0 saturated heterocycles. The molecular weight excluding hydrogens is 488 g/mol. The summed E-state index contributed by atoms with van der Waals surface area (Å²) >= 11 is 0. The quantitative estimate of drug-likeness (QED) is 0.212. The van der Waals surface area contributed by atoms with Crippen LogP contribution in [0.1, 0.15) is 20.7 Å². The van der Waals surface area contributed by atoms with Crippen LogP contribution in [0.25, 0.3) is 38.4 Å². The molecule has 0 aliphatic heterocycles. The number of fused-ring (bicyclic) bond motifs is 3. The SMILES string of the molecule is O=C(Nc1ccc(-n2ncc3cc(NC(=O)c4ccc5[nH]ccc5c4)ccc32)cc1)c1ccc2[nH]ccc2c1. The van der Waals surface area contributed by atoms with E-state index in [1.165, 1.54) is 0 Å². The fourth-order valence-corrected chi connectivity index (χ4v) is 4.80. The summed E-state index contributed by atoms with van der Waals surface area (Å²) in [5.41, 5.74) is 6.31. The van der Waals surface area contributed by atoms with E-state index in [1.807, 2.05) is 95.9 Å². The van der Waals surface area contributed by atoms with Gasteiger partial charge in [0.1, 0.15) is 0 Å². The van der Waals surface area contributed by atoms with Gasteiger partial charge in [-0.25, -0.2) is 4.68 Å². The second-order valence-electron chi connectivity index (χ2n) is 9.34. The Kier molecular flexibility index (Phi) is 5.23. The van der Waals surface area contributed by atoms with Crippen LogP contribution in [0.15, 0.2) is 110 Å². The molecular formula is C31H22N6O2. The van der Waals surface area contributed by atoms with Crippen LogP contribution < -0.4 is 10.6 Å². The molecule has 0 bridgehead atoms. The fraction of sp³-hybridized carbons (Fsp3) is 0. The summed E-state index contributed by atoms with van der Waals surface area (Å²) in [5, 5.41) is 13.3. The first-order valence-electron chi connectivity index (χ1n) is 12.5. The highest BCUT2D eigenvalue weighted by Gasteiger charge is 2.11. The zero-order valence-electron chi connectivity index (χ0n) is 20.6. The van der Waals surface area contributed by atoms with Gasteiger partial charge in [-0.1, -0.05) is 0 Å². The Hall–Kier alpha value is -5.63. The van der Waals surface area contributed by atoms with Gasteiger partial charge in [0, 0.05) is 62.1 Å². The Morgan fingerprint density at radius 3 is 1.85 bits per heavy atom. The molecule has 7 aromatic rings. The van der Waals surface area contributed by atoms with Crippen molar-refractivity contribution in [2.24, 2.45) is 0 Å². The van der Waals surface area contributed by atoms with Crippen LogP contribution in [0.2, 0.25) is 0 Å². The third-order valence-corrected chi connectivity index (χ3v) is 6.83. The van der Waals surface area contributed by atoms with Gasteiger partial charge in [-0.15, -0.1) is 0 Å². The summed E-state index contributed by atoms with van der Waals surface area (Å²) in [6.07, 6.45) is 5.47. The summed E-state index contributed by atoms with van der Waals surface area (Å²) in [6, 6.07) is 28.2. The van der Waals surface area contributed by atoms with Gasteiger partial charge in [-0.05, 0) is 91.0 Å². The Morgan fingerprint density at radius 1 is 0.615 bits per heavy atom. The summed E-state index contributed by atoms with van der Waals surface area (Å²) < 4.78 is 1.83. The van der Waals surface area contributed by atoms with Gasteiger partial charge < -0.3 is 20.6 Å². The number of H-pyrrole nitrogens is 2. The van der Waals surface area contributed by atoms with E-state index < -0.39 is 0 Å². The number of hydrogen-bond acceptors (Lipinski definition) is 3. The molecule has 4 N–H and O–H groups in total. The second-order valence-corrected chi connectivity index (χ2v) is 9.34. The number of rotatable bonds is 5. The molecule has 8 nitrogen and oxygen atoms in total. The molecule has 2 amide bonds. The van der Waals surface area contributed by atoms with E-state index >= 15 is 0 Å². The number of carbonyl (C=O) groups excluding carboxylic acids is 2. The molecule has 0 spiro atoms. The predicted molar refractivity (Wildman–Crippen MR) is 154 cm³/mol. The smallest absolute Gasteiger partial charge is 0.255 e. The lowest BCUT2D eigenvalue weighted by Crippen LogP contribution is -2.11. The minimum absolute atomic E-state index is 0.169. The number of anilines is 2. The summed E-state index contributed by atoms with van der Waals surface area (Å²) in [6.45, 7) is 0. The first-order chi connectivity index (χ1) is 19.1. The van der Waals surface area contributed by atoms with Crippen molar-refractivity contribution in [1.82, 2.24) is 19.7 Å². The molecule has 0 saturated carbocycles. The minimum Gasteiger partial charge on any atom is -0.361 e. The van der Waals surface area contributed by atoms with E-state index in [4.69, 9.17) is 0 Å². The Balaban J connectivity index is 1.07. The molecule has 188 valence electrons. The molecule has 3 aromatic heterocycles. The van der Waals surface area contributed by atoms with Crippen molar-refractivity contribution in [3.63, 3.8) is 0 Å². The summed E-state index contributed by atoms with van der Waals surface area (Å²) in [4.78, 5) is 31.8. The molecule has 0 aliphatic carbocycles. The minimum atomic E-state index is -0.171. The zero-order valence-corrected chi connectivity index (χ0v) is 20.6. The Labute approximate surface area is 222 Å². The first-order valence-corrected chi connectivity index (χ1v) is 12.5. The van der Waals surface area contributed by atoms with E-state index in [1.54, 1.807) is 18.3 Å². The van der Waals surface area contributed by atoms with Crippen LogP contribution in [0.3, 0.4) is 0 Å². The zero-order chi connectivity index (χ0) is 26.3. The van der Waals surface area contributed by atoms with Gasteiger partial charge in [0.2, 0.25) is 0 Å². The summed E-state index contributed by atoms with van der Waals surface area (Å²) in [7, 11) is 0. The van der Waals surface area contributed by atoms with Gasteiger partial charge in [-0.3, -0.25) is 9.59 Å². The standard InChI is InChI=1S/C31H22N6O2/c38-30(21-1-8-27-19(15-21)11-13-32-27)35-24-3-6-26(7-4-24)37-29-10-5-25(17-23(29)18-34-37)36-31(39)22-2-9-28-20(16-22)12-14-33-28/h1-18,32-33H,(H,35,38)(H,36,39). The molecule has 39 heavy (non-hydrogen) atoms. The summed E-state index contributed by atoms with van der Waals surface area (Å²) in [5.74, 6) is -0.339. The fourth-order valence-electron chi connectivity index (χ4n) is 4.80. The number of carbonyl (C=O) groups is 2. The second kappa shape index (κ2) is 9.04. The maximum Gasteiger partial charge on any atom is 0.255 e. The number of nitrogens with one attached hydrogen (secondary N) is 4. The average Bonchev–Trinajstić information content (AvgIpc) is 3.72. The van der Waals surface area contributed by atoms with E-state index in [2.05, 4.69) is 25.7 Å². The average molecular weight is 511 g/mol. The van der Waals surface area contributed by atoms with Crippen molar-refractivity contribution in [1.29, 1.82) is 0 Å². The van der Waals surface area contributed by atoms with Gasteiger partial charge in [-0.2, -0.15) is 5.10 Å². The molecule has 0 atom stereocenters. The van der Waals surface area contributed by atoms with E-state index in [9.17, 15) is 9.59 Å². The number of nitrogens with zero attached hydrogens (tertiary/aromatic N) is 2. The number of amides is 2. The Bertz CT molecular complexity index is 2010. The molecule has 8 heteroatoms. The predicted octanol–water partition coefficient (Wildman–Crippen LogP) is 6.49. The van der Waals surface area contributed by atoms with E-state index in [-0.39, 0.29) is 11.8 Å². The maximum atomic E-state index is 12.8. The number of aromatic nitrogens is 4. The third kappa shape index (κ3) is 4.19. The van der Waals surface area contributed by atoms with Crippen molar-refractivity contribution in [3.8, 4) is 5.69 Å². The van der Waals surface area contributed by atoms with Crippen LogP contribution in [0, 0.1) is 0 Å². The maximum absolute atomic E-state index is 12.8. The van der Waals surface area contributed by atoms with Crippen molar-refractivity contribution in [2.75, 3.05) is 10.6 Å². The normalized spacial score (nSPS) is 11.3. The highest BCUT2D eigenvalue weighted by Crippen LogP contribution is 2.24. The van der Waals surface area contributed by atoms with Crippen LogP contribution in [-0.2, 0) is 0 Å². The topological polar surface area (TPSA) is 108 Å². The van der Waals surface area contributed by atoms with Gasteiger partial charge in [0.15, 0.2) is 0 Å². The van der Waals surface area contributed by atoms with Gasteiger partial charge in [0.05, 0.1) is 17.4 Å². The van der Waals surface area contributed by atoms with E-state index in [0.717, 1.165) is 38.4 Å². The molecule has 3 heterocycles. The van der Waals surface area contributed by atoms with Crippen molar-refractivity contribution in [2.45, 2.75) is 0 Å². The van der Waals surface area contributed by atoms with E-state index in [0.29, 0.717) is 22.5 Å². The molecule has 7 rings (SSSR count). The molecule has 4 aromatic carbocycles.